The molecule has 94 valence electrons. The zero-order valence-electron chi connectivity index (χ0n) is 10.5. The van der Waals surface area contributed by atoms with Crippen LogP contribution in [-0.2, 0) is 4.74 Å². The third kappa shape index (κ3) is 2.66. The molecule has 5 heteroatoms. The molecule has 0 saturated carbocycles. The second-order valence-electron chi connectivity index (χ2n) is 4.72. The van der Waals surface area contributed by atoms with Gasteiger partial charge in [0.2, 0.25) is 0 Å². The average Bonchev–Trinajstić information content (AvgIpc) is 2.88. The number of aromatic nitrogens is 2. The summed E-state index contributed by atoms with van der Waals surface area (Å²) in [5.74, 6) is -0.119. The van der Waals surface area contributed by atoms with Gasteiger partial charge >= 0.3 is 0 Å². The van der Waals surface area contributed by atoms with Crippen LogP contribution in [-0.4, -0.2) is 34.4 Å². The zero-order chi connectivity index (χ0) is 12.4. The lowest BCUT2D eigenvalue weighted by Gasteiger charge is -2.14. The highest BCUT2D eigenvalue weighted by atomic mass is 16.5. The van der Waals surface area contributed by atoms with E-state index in [4.69, 9.17) is 4.74 Å². The molecule has 1 aromatic rings. The summed E-state index contributed by atoms with van der Waals surface area (Å²) in [5, 5.41) is 7.20. The minimum atomic E-state index is -0.119. The summed E-state index contributed by atoms with van der Waals surface area (Å²) in [4.78, 5) is 11.9. The van der Waals surface area contributed by atoms with E-state index < -0.39 is 0 Å². The number of nitrogens with one attached hydrogen (secondary N) is 1. The van der Waals surface area contributed by atoms with Gasteiger partial charge in [0, 0.05) is 18.8 Å². The van der Waals surface area contributed by atoms with E-state index in [0.717, 1.165) is 6.42 Å². The number of carbonyl (C=O) groups is 1. The van der Waals surface area contributed by atoms with Gasteiger partial charge in [-0.1, -0.05) is 0 Å². The first-order valence-electron chi connectivity index (χ1n) is 6.05. The number of hydrogen-bond donors (Lipinski definition) is 1. The van der Waals surface area contributed by atoms with Crippen molar-refractivity contribution in [2.24, 2.45) is 0 Å². The molecule has 0 bridgehead atoms. The van der Waals surface area contributed by atoms with Crippen LogP contribution in [0.5, 0.6) is 0 Å². The Morgan fingerprint density at radius 1 is 1.65 bits per heavy atom. The molecule has 5 nitrogen and oxygen atoms in total. The minimum absolute atomic E-state index is 0.0890. The Morgan fingerprint density at radius 2 is 2.41 bits per heavy atom. The monoisotopic (exact) mass is 237 g/mol. The Labute approximate surface area is 101 Å². The smallest absolute Gasteiger partial charge is 0.272 e. The van der Waals surface area contributed by atoms with E-state index in [1.165, 1.54) is 0 Å². The summed E-state index contributed by atoms with van der Waals surface area (Å²) in [5.41, 5.74) is 0.470. The molecule has 1 aliphatic rings. The molecule has 1 aliphatic heterocycles. The molecule has 17 heavy (non-hydrogen) atoms. The Bertz CT molecular complexity index is 400. The van der Waals surface area contributed by atoms with Crippen molar-refractivity contribution in [2.75, 3.05) is 6.61 Å². The standard InChI is InChI=1S/C12H19N3O2/c1-8(2)15-6-4-11(14-15)12(16)13-10-5-7-17-9(10)3/h4,6,8-10H,5,7H2,1-3H3,(H,13,16)/t9-,10-/m1/s1. The van der Waals surface area contributed by atoms with Crippen molar-refractivity contribution in [3.63, 3.8) is 0 Å². The van der Waals surface area contributed by atoms with E-state index in [1.807, 2.05) is 27.0 Å². The molecular formula is C12H19N3O2. The summed E-state index contributed by atoms with van der Waals surface area (Å²) in [6, 6.07) is 2.12. The van der Waals surface area contributed by atoms with Crippen LogP contribution in [0.3, 0.4) is 0 Å². The fourth-order valence-electron chi connectivity index (χ4n) is 1.91. The van der Waals surface area contributed by atoms with Gasteiger partial charge in [-0.15, -0.1) is 0 Å². The van der Waals surface area contributed by atoms with E-state index in [1.54, 1.807) is 10.7 Å². The molecule has 0 aromatic carbocycles. The van der Waals surface area contributed by atoms with Gasteiger partial charge in [-0.05, 0) is 33.3 Å². The van der Waals surface area contributed by atoms with Crippen LogP contribution in [0.2, 0.25) is 0 Å². The molecule has 1 fully saturated rings. The Kier molecular flexibility index (Phi) is 3.47. The van der Waals surface area contributed by atoms with Crippen molar-refractivity contribution in [1.82, 2.24) is 15.1 Å². The van der Waals surface area contributed by atoms with Crippen LogP contribution in [0.4, 0.5) is 0 Å². The highest BCUT2D eigenvalue weighted by Gasteiger charge is 2.26. The van der Waals surface area contributed by atoms with Gasteiger partial charge in [-0.3, -0.25) is 9.48 Å². The molecule has 1 saturated heterocycles. The van der Waals surface area contributed by atoms with Gasteiger partial charge < -0.3 is 10.1 Å². The Morgan fingerprint density at radius 3 is 2.94 bits per heavy atom. The van der Waals surface area contributed by atoms with Crippen molar-refractivity contribution >= 4 is 5.91 Å². The average molecular weight is 237 g/mol. The SMILES string of the molecule is CC(C)n1ccc(C(=O)N[C@@H]2CCO[C@@H]2C)n1. The predicted molar refractivity (Wildman–Crippen MR) is 63.9 cm³/mol. The fourth-order valence-corrected chi connectivity index (χ4v) is 1.91. The zero-order valence-corrected chi connectivity index (χ0v) is 10.5. The lowest BCUT2D eigenvalue weighted by Crippen LogP contribution is -2.39. The number of ether oxygens (including phenoxy) is 1. The predicted octanol–water partition coefficient (Wildman–Crippen LogP) is 1.37. The summed E-state index contributed by atoms with van der Waals surface area (Å²) >= 11 is 0. The second-order valence-corrected chi connectivity index (χ2v) is 4.72. The first kappa shape index (κ1) is 12.1. The first-order chi connectivity index (χ1) is 8.08. The van der Waals surface area contributed by atoms with Crippen molar-refractivity contribution in [3.05, 3.63) is 18.0 Å². The van der Waals surface area contributed by atoms with Gasteiger partial charge in [0.1, 0.15) is 5.69 Å². The lowest BCUT2D eigenvalue weighted by molar-refractivity contribution is 0.0861. The van der Waals surface area contributed by atoms with Gasteiger partial charge in [-0.2, -0.15) is 5.10 Å². The highest BCUT2D eigenvalue weighted by Crippen LogP contribution is 2.13. The number of nitrogens with zero attached hydrogens (tertiary/aromatic N) is 2. The largest absolute Gasteiger partial charge is 0.376 e. The van der Waals surface area contributed by atoms with Gasteiger partial charge in [0.25, 0.3) is 5.91 Å². The topological polar surface area (TPSA) is 56.2 Å². The molecule has 2 heterocycles. The van der Waals surface area contributed by atoms with Crippen molar-refractivity contribution in [3.8, 4) is 0 Å². The maximum atomic E-state index is 11.9. The van der Waals surface area contributed by atoms with Crippen LogP contribution in [0.25, 0.3) is 0 Å². The third-order valence-corrected chi connectivity index (χ3v) is 3.06. The molecule has 0 radical (unpaired) electrons. The van der Waals surface area contributed by atoms with Crippen LogP contribution in [0.15, 0.2) is 12.3 Å². The molecule has 1 N–H and O–H groups in total. The number of carbonyl (C=O) groups excluding carboxylic acids is 1. The molecule has 1 amide bonds. The van der Waals surface area contributed by atoms with Gasteiger partial charge in [0.05, 0.1) is 12.1 Å². The highest BCUT2D eigenvalue weighted by molar-refractivity contribution is 5.92. The molecular weight excluding hydrogens is 218 g/mol. The molecule has 2 rings (SSSR count). The van der Waals surface area contributed by atoms with Crippen LogP contribution in [0.1, 0.15) is 43.7 Å². The molecule has 0 unspecified atom stereocenters. The maximum Gasteiger partial charge on any atom is 0.272 e. The van der Waals surface area contributed by atoms with E-state index in [0.29, 0.717) is 12.3 Å². The Hall–Kier alpha value is -1.36. The lowest BCUT2D eigenvalue weighted by atomic mass is 10.1. The van der Waals surface area contributed by atoms with E-state index in [2.05, 4.69) is 10.4 Å². The van der Waals surface area contributed by atoms with E-state index in [9.17, 15) is 4.79 Å². The first-order valence-corrected chi connectivity index (χ1v) is 6.05. The molecule has 2 atom stereocenters. The third-order valence-electron chi connectivity index (χ3n) is 3.06. The van der Waals surface area contributed by atoms with Crippen LogP contribution in [0, 0.1) is 0 Å². The van der Waals surface area contributed by atoms with Gasteiger partial charge in [-0.25, -0.2) is 0 Å². The fraction of sp³-hybridized carbons (Fsp3) is 0.667. The molecule has 1 aromatic heterocycles. The summed E-state index contributed by atoms with van der Waals surface area (Å²) in [6.45, 7) is 6.75. The quantitative estimate of drug-likeness (QED) is 0.863. The molecule has 0 spiro atoms. The summed E-state index contributed by atoms with van der Waals surface area (Å²) in [6.07, 6.45) is 2.79. The minimum Gasteiger partial charge on any atom is -0.376 e. The van der Waals surface area contributed by atoms with Gasteiger partial charge in [0.15, 0.2) is 0 Å². The van der Waals surface area contributed by atoms with E-state index in [-0.39, 0.29) is 24.1 Å². The number of hydrogen-bond acceptors (Lipinski definition) is 3. The molecule has 0 aliphatic carbocycles. The van der Waals surface area contributed by atoms with Crippen LogP contribution < -0.4 is 5.32 Å². The van der Waals surface area contributed by atoms with Crippen molar-refractivity contribution < 1.29 is 9.53 Å². The summed E-state index contributed by atoms with van der Waals surface area (Å²) in [7, 11) is 0. The summed E-state index contributed by atoms with van der Waals surface area (Å²) < 4.78 is 7.19. The normalized spacial score (nSPS) is 24.2. The number of rotatable bonds is 3. The second kappa shape index (κ2) is 4.87. The van der Waals surface area contributed by atoms with Crippen molar-refractivity contribution in [1.29, 1.82) is 0 Å². The Balaban J connectivity index is 1.99. The van der Waals surface area contributed by atoms with E-state index >= 15 is 0 Å². The van der Waals surface area contributed by atoms with Crippen LogP contribution >= 0.6 is 0 Å². The number of amides is 1. The van der Waals surface area contributed by atoms with Crippen molar-refractivity contribution in [2.45, 2.75) is 45.4 Å². The maximum absolute atomic E-state index is 11.9.